The van der Waals surface area contributed by atoms with Gasteiger partial charge in [-0.3, -0.25) is 4.79 Å². The molecule has 3 unspecified atom stereocenters. The number of nitrogens with zero attached hydrogens (tertiary/aromatic N) is 1. The second-order valence-electron chi connectivity index (χ2n) is 5.58. The average molecular weight is 298 g/mol. The minimum atomic E-state index is -0.940. The summed E-state index contributed by atoms with van der Waals surface area (Å²) in [7, 11) is 0. The quantitative estimate of drug-likeness (QED) is 0.733. The van der Waals surface area contributed by atoms with Gasteiger partial charge in [0.1, 0.15) is 6.04 Å². The zero-order valence-electron chi connectivity index (χ0n) is 12.2. The van der Waals surface area contributed by atoms with Gasteiger partial charge in [-0.1, -0.05) is 6.42 Å². The van der Waals surface area contributed by atoms with E-state index in [0.29, 0.717) is 19.1 Å². The molecule has 2 N–H and O–H groups in total. The Balaban J connectivity index is 1.86. The van der Waals surface area contributed by atoms with Crippen LogP contribution in [0.4, 0.5) is 4.79 Å². The molecule has 0 radical (unpaired) electrons. The lowest BCUT2D eigenvalue weighted by Crippen LogP contribution is -2.48. The molecule has 3 atom stereocenters. The van der Waals surface area contributed by atoms with Crippen LogP contribution in [0.5, 0.6) is 0 Å². The first-order chi connectivity index (χ1) is 10.0. The van der Waals surface area contributed by atoms with Gasteiger partial charge in [0.05, 0.1) is 13.0 Å². The third-order valence-electron chi connectivity index (χ3n) is 4.31. The van der Waals surface area contributed by atoms with E-state index in [1.807, 2.05) is 0 Å². The summed E-state index contributed by atoms with van der Waals surface area (Å²) in [5.41, 5.74) is 0. The van der Waals surface area contributed by atoms with Crippen LogP contribution in [0, 0.1) is 11.8 Å². The van der Waals surface area contributed by atoms with E-state index in [9.17, 15) is 19.5 Å². The van der Waals surface area contributed by atoms with Crippen LogP contribution in [-0.2, 0) is 14.3 Å². The molecule has 2 fully saturated rings. The van der Waals surface area contributed by atoms with Gasteiger partial charge in [-0.15, -0.1) is 0 Å². The molecule has 2 rings (SSSR count). The molecule has 21 heavy (non-hydrogen) atoms. The van der Waals surface area contributed by atoms with Crippen molar-refractivity contribution in [2.24, 2.45) is 11.8 Å². The van der Waals surface area contributed by atoms with E-state index in [2.05, 4.69) is 5.32 Å². The summed E-state index contributed by atoms with van der Waals surface area (Å²) in [5.74, 6) is -0.948. The van der Waals surface area contributed by atoms with Gasteiger partial charge in [-0.2, -0.15) is 0 Å². The van der Waals surface area contributed by atoms with E-state index in [0.717, 1.165) is 19.3 Å². The van der Waals surface area contributed by atoms with Crippen LogP contribution >= 0.6 is 0 Å². The fourth-order valence-corrected chi connectivity index (χ4v) is 3.44. The summed E-state index contributed by atoms with van der Waals surface area (Å²) >= 11 is 0. The summed E-state index contributed by atoms with van der Waals surface area (Å²) in [6, 6.07) is -1.14. The van der Waals surface area contributed by atoms with Gasteiger partial charge in [-0.25, -0.2) is 9.59 Å². The number of esters is 1. The maximum absolute atomic E-state index is 12.1. The number of nitrogens with one attached hydrogen (secondary N) is 1. The van der Waals surface area contributed by atoms with Crippen molar-refractivity contribution >= 4 is 18.0 Å². The summed E-state index contributed by atoms with van der Waals surface area (Å²) in [4.78, 5) is 36.2. The number of amides is 2. The number of carboxylic acid groups (broad SMARTS) is 1. The second-order valence-corrected chi connectivity index (χ2v) is 5.58. The fraction of sp³-hybridized carbons (Fsp3) is 0.786. The molecule has 1 saturated carbocycles. The third kappa shape index (κ3) is 3.46. The number of hydrogen-bond donors (Lipinski definition) is 2. The van der Waals surface area contributed by atoms with Crippen molar-refractivity contribution in [1.29, 1.82) is 0 Å². The molecule has 7 heteroatoms. The van der Waals surface area contributed by atoms with E-state index >= 15 is 0 Å². The first-order valence-corrected chi connectivity index (χ1v) is 7.47. The number of carbonyl (C=O) groups excluding carboxylic acids is 2. The lowest BCUT2D eigenvalue weighted by molar-refractivity contribution is -0.144. The molecular weight excluding hydrogens is 276 g/mol. The highest BCUT2D eigenvalue weighted by Crippen LogP contribution is 2.42. The largest absolute Gasteiger partial charge is 0.480 e. The zero-order chi connectivity index (χ0) is 15.4. The minimum absolute atomic E-state index is 0.0679. The zero-order valence-corrected chi connectivity index (χ0v) is 12.2. The van der Waals surface area contributed by atoms with Crippen molar-refractivity contribution in [2.75, 3.05) is 19.7 Å². The van der Waals surface area contributed by atoms with Gasteiger partial charge >= 0.3 is 18.0 Å². The van der Waals surface area contributed by atoms with Crippen molar-refractivity contribution in [2.45, 2.75) is 38.6 Å². The Labute approximate surface area is 123 Å². The molecule has 118 valence electrons. The highest BCUT2D eigenvalue weighted by Gasteiger charge is 2.49. The first kappa shape index (κ1) is 15.6. The molecule has 0 aromatic heterocycles. The number of aliphatic carboxylic acids is 1. The number of carbonyl (C=O) groups is 3. The van der Waals surface area contributed by atoms with Gasteiger partial charge < -0.3 is 20.1 Å². The van der Waals surface area contributed by atoms with Crippen LogP contribution in [0.3, 0.4) is 0 Å². The van der Waals surface area contributed by atoms with Crippen molar-refractivity contribution < 1.29 is 24.2 Å². The molecule has 1 aliphatic carbocycles. The normalized spacial score (nSPS) is 27.3. The monoisotopic (exact) mass is 298 g/mol. The molecule has 0 spiro atoms. The van der Waals surface area contributed by atoms with E-state index in [1.165, 1.54) is 4.90 Å². The van der Waals surface area contributed by atoms with Crippen LogP contribution in [0.15, 0.2) is 0 Å². The van der Waals surface area contributed by atoms with Gasteiger partial charge in [0.2, 0.25) is 0 Å². The average Bonchev–Trinajstić information content (AvgIpc) is 2.97. The molecule has 7 nitrogen and oxygen atoms in total. The summed E-state index contributed by atoms with van der Waals surface area (Å²) in [6.07, 6.45) is 2.99. The third-order valence-corrected chi connectivity index (χ3v) is 4.31. The Morgan fingerprint density at radius 2 is 2.10 bits per heavy atom. The van der Waals surface area contributed by atoms with E-state index in [4.69, 9.17) is 4.74 Å². The van der Waals surface area contributed by atoms with Gasteiger partial charge in [0, 0.05) is 13.1 Å². The number of hydrogen-bond acceptors (Lipinski definition) is 4. The lowest BCUT2D eigenvalue weighted by atomic mass is 9.94. The van der Waals surface area contributed by atoms with Crippen LogP contribution in [0.1, 0.15) is 32.6 Å². The predicted octanol–water partition coefficient (Wildman–Crippen LogP) is 0.834. The maximum Gasteiger partial charge on any atom is 0.326 e. The second kappa shape index (κ2) is 6.78. The van der Waals surface area contributed by atoms with Crippen molar-refractivity contribution in [1.82, 2.24) is 10.2 Å². The molecule has 2 aliphatic rings. The summed E-state index contributed by atoms with van der Waals surface area (Å²) < 4.78 is 4.77. The molecule has 1 heterocycles. The molecule has 0 aromatic rings. The molecule has 1 aliphatic heterocycles. The SMILES string of the molecule is CCOC(=O)CCNC(=O)N1CC2CCCC2C1C(=O)O. The van der Waals surface area contributed by atoms with Gasteiger partial charge in [-0.05, 0) is 31.6 Å². The molecule has 0 aromatic carbocycles. The molecular formula is C14H22N2O5. The summed E-state index contributed by atoms with van der Waals surface area (Å²) in [5, 5.41) is 12.0. The van der Waals surface area contributed by atoms with E-state index in [1.54, 1.807) is 6.92 Å². The Morgan fingerprint density at radius 1 is 1.33 bits per heavy atom. The number of ether oxygens (including phenoxy) is 1. The molecule has 2 amide bonds. The number of carboxylic acids is 1. The highest BCUT2D eigenvalue weighted by molar-refractivity contribution is 5.84. The molecule has 1 saturated heterocycles. The van der Waals surface area contributed by atoms with E-state index < -0.39 is 18.0 Å². The van der Waals surface area contributed by atoms with Gasteiger partial charge in [0.25, 0.3) is 0 Å². The maximum atomic E-state index is 12.1. The number of likely N-dealkylation sites (tertiary alicyclic amines) is 1. The van der Waals surface area contributed by atoms with Crippen molar-refractivity contribution in [3.8, 4) is 0 Å². The lowest BCUT2D eigenvalue weighted by Gasteiger charge is -2.24. The van der Waals surface area contributed by atoms with Crippen LogP contribution in [0.25, 0.3) is 0 Å². The van der Waals surface area contributed by atoms with Gasteiger partial charge in [0.15, 0.2) is 0 Å². The van der Waals surface area contributed by atoms with Crippen molar-refractivity contribution in [3.05, 3.63) is 0 Å². The van der Waals surface area contributed by atoms with E-state index in [-0.39, 0.29) is 24.9 Å². The Bertz CT molecular complexity index is 426. The van der Waals surface area contributed by atoms with Crippen LogP contribution in [0.2, 0.25) is 0 Å². The molecule has 0 bridgehead atoms. The number of urea groups is 1. The highest BCUT2D eigenvalue weighted by atomic mass is 16.5. The minimum Gasteiger partial charge on any atom is -0.480 e. The van der Waals surface area contributed by atoms with Crippen LogP contribution < -0.4 is 5.32 Å². The first-order valence-electron chi connectivity index (χ1n) is 7.47. The van der Waals surface area contributed by atoms with Crippen molar-refractivity contribution in [3.63, 3.8) is 0 Å². The predicted molar refractivity (Wildman–Crippen MR) is 73.6 cm³/mol. The fourth-order valence-electron chi connectivity index (χ4n) is 3.44. The topological polar surface area (TPSA) is 95.9 Å². The smallest absolute Gasteiger partial charge is 0.326 e. The Kier molecular flexibility index (Phi) is 5.03. The number of rotatable bonds is 5. The van der Waals surface area contributed by atoms with Crippen LogP contribution in [-0.4, -0.2) is 53.7 Å². The number of fused-ring (bicyclic) bond motifs is 1. The summed E-state index contributed by atoms with van der Waals surface area (Å²) in [6.45, 7) is 2.68. The Hall–Kier alpha value is -1.79. The Morgan fingerprint density at radius 3 is 2.76 bits per heavy atom. The standard InChI is InChI=1S/C14H22N2O5/c1-2-21-11(17)6-7-15-14(20)16-8-9-4-3-5-10(9)12(16)13(18)19/h9-10,12H,2-8H2,1H3,(H,15,20)(H,18,19).